The highest BCUT2D eigenvalue weighted by Gasteiger charge is 2.51. The third kappa shape index (κ3) is 4.39. The maximum atomic E-state index is 12.8. The third-order valence-corrected chi connectivity index (χ3v) is 5.24. The van der Waals surface area contributed by atoms with Crippen LogP contribution >= 0.6 is 0 Å². The molecule has 1 N–H and O–H groups in total. The van der Waals surface area contributed by atoms with Crippen LogP contribution in [0.4, 0.5) is 5.69 Å². The lowest BCUT2D eigenvalue weighted by Crippen LogP contribution is -2.65. The molecular weight excluding hydrogens is 424 g/mol. The molecule has 0 radical (unpaired) electrons. The molecule has 1 aliphatic heterocycles. The fourth-order valence-electron chi connectivity index (χ4n) is 3.38. The van der Waals surface area contributed by atoms with Crippen molar-refractivity contribution in [2.75, 3.05) is 0 Å². The number of nitrogens with zero attached hydrogens (tertiary/aromatic N) is 7. The molecule has 1 aliphatic rings. The Labute approximate surface area is 180 Å². The number of amides is 1. The van der Waals surface area contributed by atoms with Crippen molar-refractivity contribution in [3.05, 3.63) is 51.8 Å². The number of hydrogen-bond donors (Lipinski definition) is 1. The van der Waals surface area contributed by atoms with Gasteiger partial charge < -0.3 is 15.6 Å². The number of esters is 1. The summed E-state index contributed by atoms with van der Waals surface area (Å²) in [6.07, 6.45) is 1.22. The average molecular weight is 442 g/mol. The molecule has 14 nitrogen and oxygen atoms in total. The van der Waals surface area contributed by atoms with Crippen molar-refractivity contribution in [1.82, 2.24) is 25.5 Å². The van der Waals surface area contributed by atoms with Crippen molar-refractivity contribution in [2.45, 2.75) is 32.5 Å². The summed E-state index contributed by atoms with van der Waals surface area (Å²) in [5.41, 5.74) is 8.71. The summed E-state index contributed by atoms with van der Waals surface area (Å²) in [5, 5.41) is 24.5. The zero-order chi connectivity index (χ0) is 23.4. The van der Waals surface area contributed by atoms with E-state index in [-0.39, 0.29) is 18.2 Å². The zero-order valence-corrected chi connectivity index (χ0v) is 17.0. The van der Waals surface area contributed by atoms with Gasteiger partial charge in [0.05, 0.1) is 22.9 Å². The Hall–Kier alpha value is -4.32. The molecule has 2 heterocycles. The van der Waals surface area contributed by atoms with Crippen LogP contribution in [0.2, 0.25) is 0 Å². The van der Waals surface area contributed by atoms with Crippen molar-refractivity contribution >= 4 is 29.1 Å². The second kappa shape index (κ2) is 9.22. The number of tetrazole rings is 1. The molecule has 1 saturated heterocycles. The summed E-state index contributed by atoms with van der Waals surface area (Å²) in [6.45, 7) is 2.87. The van der Waals surface area contributed by atoms with Crippen LogP contribution in [-0.2, 0) is 25.7 Å². The van der Waals surface area contributed by atoms with E-state index < -0.39 is 46.3 Å². The molecule has 166 valence electrons. The Bertz CT molecular complexity index is 1090. The van der Waals surface area contributed by atoms with Crippen LogP contribution in [0.1, 0.15) is 25.5 Å². The van der Waals surface area contributed by atoms with Crippen LogP contribution < -0.4 is 5.32 Å². The van der Waals surface area contributed by atoms with Crippen LogP contribution in [0.3, 0.4) is 0 Å². The first-order valence-electron chi connectivity index (χ1n) is 9.44. The maximum absolute atomic E-state index is 12.8. The zero-order valence-electron chi connectivity index (χ0n) is 17.0. The summed E-state index contributed by atoms with van der Waals surface area (Å²) in [5.74, 6) is -3.89. The number of non-ortho nitro benzene ring substituents is 1. The van der Waals surface area contributed by atoms with Gasteiger partial charge in [0.25, 0.3) is 11.5 Å². The number of ketones is 1. The average Bonchev–Trinajstić information content (AvgIpc) is 3.31. The first kappa shape index (κ1) is 22.4. The van der Waals surface area contributed by atoms with E-state index in [1.54, 1.807) is 6.92 Å². The second-order valence-corrected chi connectivity index (χ2v) is 7.16. The molecule has 2 unspecified atom stereocenters. The van der Waals surface area contributed by atoms with Crippen LogP contribution in [-0.4, -0.2) is 59.3 Å². The van der Waals surface area contributed by atoms with Crippen molar-refractivity contribution in [3.8, 4) is 0 Å². The fraction of sp³-hybridized carbons (Fsp3) is 0.389. The number of carbonyl (C=O) groups is 3. The van der Waals surface area contributed by atoms with E-state index in [1.165, 1.54) is 42.3 Å². The normalized spacial score (nSPS) is 19.0. The molecule has 0 spiro atoms. The summed E-state index contributed by atoms with van der Waals surface area (Å²) >= 11 is 0. The Morgan fingerprint density at radius 3 is 2.56 bits per heavy atom. The van der Waals surface area contributed by atoms with Gasteiger partial charge in [0.1, 0.15) is 6.61 Å². The Kier molecular flexibility index (Phi) is 6.45. The molecule has 1 aromatic heterocycles. The number of nitro groups is 1. The first-order valence-corrected chi connectivity index (χ1v) is 9.44. The monoisotopic (exact) mass is 442 g/mol. The Morgan fingerprint density at radius 1 is 1.34 bits per heavy atom. The molecule has 2 aromatic rings. The quantitative estimate of drug-likeness (QED) is 0.0804. The lowest BCUT2D eigenvalue weighted by molar-refractivity contribution is -0.384. The first-order chi connectivity index (χ1) is 15.2. The molecule has 0 aliphatic carbocycles. The van der Waals surface area contributed by atoms with Gasteiger partial charge in [-0.25, -0.2) is 4.79 Å². The molecular formula is C18H18N8O6. The van der Waals surface area contributed by atoms with Gasteiger partial charge in [-0.15, -0.1) is 10.2 Å². The molecule has 0 saturated carbocycles. The number of ether oxygens (including phenoxy) is 1. The highest BCUT2D eigenvalue weighted by Crippen LogP contribution is 2.31. The van der Waals surface area contributed by atoms with E-state index in [2.05, 4.69) is 25.5 Å². The third-order valence-electron chi connectivity index (χ3n) is 5.24. The molecule has 4 atom stereocenters. The summed E-state index contributed by atoms with van der Waals surface area (Å²) in [7, 11) is 0. The molecule has 1 fully saturated rings. The summed E-state index contributed by atoms with van der Waals surface area (Å²) in [4.78, 5) is 51.3. The minimum atomic E-state index is -1.17. The lowest BCUT2D eigenvalue weighted by Gasteiger charge is -2.41. The number of carbonyl (C=O) groups excluding carboxylic acids is 3. The van der Waals surface area contributed by atoms with E-state index in [0.29, 0.717) is 5.56 Å². The van der Waals surface area contributed by atoms with Crippen molar-refractivity contribution < 1.29 is 28.8 Å². The van der Waals surface area contributed by atoms with Gasteiger partial charge in [0.2, 0.25) is 5.91 Å². The molecule has 0 bridgehead atoms. The SMILES string of the molecule is CC(C(=O)C(=[N+]=[N-])C(=O)OCc1ccc([N+](=O)[O-])cc1)[C@H]1NC(=O)[C@@H]1C(C)n1ncnn1. The van der Waals surface area contributed by atoms with Gasteiger partial charge in [-0.3, -0.25) is 19.7 Å². The number of benzene rings is 1. The van der Waals surface area contributed by atoms with E-state index >= 15 is 0 Å². The highest BCUT2D eigenvalue weighted by molar-refractivity contribution is 6.62. The summed E-state index contributed by atoms with van der Waals surface area (Å²) in [6, 6.07) is 4.09. The molecule has 32 heavy (non-hydrogen) atoms. The Morgan fingerprint density at radius 2 is 2.03 bits per heavy atom. The van der Waals surface area contributed by atoms with Crippen molar-refractivity contribution in [1.29, 1.82) is 0 Å². The topological polar surface area (TPSA) is 196 Å². The predicted molar refractivity (Wildman–Crippen MR) is 104 cm³/mol. The highest BCUT2D eigenvalue weighted by atomic mass is 16.6. The van der Waals surface area contributed by atoms with Gasteiger partial charge in [-0.2, -0.15) is 9.59 Å². The molecule has 3 rings (SSSR count). The van der Waals surface area contributed by atoms with Crippen LogP contribution in [0.25, 0.3) is 5.53 Å². The number of nitro benzene ring substituents is 1. The lowest BCUT2D eigenvalue weighted by atomic mass is 9.76. The van der Waals surface area contributed by atoms with Crippen LogP contribution in [0, 0.1) is 22.0 Å². The number of β-lactam (4-membered cyclic amide) rings is 1. The van der Waals surface area contributed by atoms with Crippen molar-refractivity contribution in [2.24, 2.45) is 11.8 Å². The predicted octanol–water partition coefficient (Wildman–Crippen LogP) is -0.124. The van der Waals surface area contributed by atoms with Crippen LogP contribution in [0.15, 0.2) is 30.6 Å². The fourth-order valence-corrected chi connectivity index (χ4v) is 3.38. The molecule has 14 heteroatoms. The van der Waals surface area contributed by atoms with Gasteiger partial charge in [-0.1, -0.05) is 6.92 Å². The van der Waals surface area contributed by atoms with Gasteiger partial charge >= 0.3 is 11.7 Å². The summed E-state index contributed by atoms with van der Waals surface area (Å²) < 4.78 is 5.00. The minimum Gasteiger partial charge on any atom is -0.452 e. The van der Waals surface area contributed by atoms with Gasteiger partial charge in [0, 0.05) is 18.1 Å². The van der Waals surface area contributed by atoms with Crippen LogP contribution in [0.5, 0.6) is 0 Å². The van der Waals surface area contributed by atoms with E-state index in [0.717, 1.165) is 0 Å². The number of nitrogens with one attached hydrogen (secondary N) is 1. The maximum Gasteiger partial charge on any atom is 0.441 e. The largest absolute Gasteiger partial charge is 0.452 e. The number of aromatic nitrogens is 4. The smallest absolute Gasteiger partial charge is 0.441 e. The molecule has 1 aromatic carbocycles. The Balaban J connectivity index is 1.64. The minimum absolute atomic E-state index is 0.130. The number of rotatable bonds is 9. The van der Waals surface area contributed by atoms with Gasteiger partial charge in [0.15, 0.2) is 6.33 Å². The van der Waals surface area contributed by atoms with Gasteiger partial charge in [-0.05, 0) is 29.8 Å². The molecule has 1 amide bonds. The standard InChI is InChI=1S/C18H18N8O6/c1-9(14-13(17(28)22-14)10(2)25-21-8-20-24-25)16(27)15(23-19)18(29)32-7-11-3-5-12(6-4-11)26(30)31/h3-6,8-10,13-14H,7H2,1-2H3,(H,22,28)/t9?,10?,13-,14-/m1/s1. The number of hydrogen-bond acceptors (Lipinski definition) is 9. The number of Topliss-reactive ketones (excluding diaryl/α,β-unsaturated/α-hetero) is 1. The van der Waals surface area contributed by atoms with E-state index in [9.17, 15) is 30.0 Å². The second-order valence-electron chi connectivity index (χ2n) is 7.16. The van der Waals surface area contributed by atoms with E-state index in [4.69, 9.17) is 4.74 Å². The van der Waals surface area contributed by atoms with Crippen molar-refractivity contribution in [3.63, 3.8) is 0 Å². The van der Waals surface area contributed by atoms with E-state index in [1.807, 2.05) is 0 Å².